The van der Waals surface area contributed by atoms with Crippen LogP contribution in [-0.2, 0) is 11.3 Å². The van der Waals surface area contributed by atoms with Crippen molar-refractivity contribution in [3.63, 3.8) is 0 Å². The van der Waals surface area contributed by atoms with Crippen molar-refractivity contribution in [3.05, 3.63) is 62.0 Å². The highest BCUT2D eigenvalue weighted by atomic mass is 127. The van der Waals surface area contributed by atoms with E-state index in [0.29, 0.717) is 3.57 Å². The number of nitrogens with one attached hydrogen (secondary N) is 1. The van der Waals surface area contributed by atoms with Gasteiger partial charge in [0.2, 0.25) is 0 Å². The zero-order chi connectivity index (χ0) is 15.2. The summed E-state index contributed by atoms with van der Waals surface area (Å²) in [7, 11) is 0. The number of ether oxygens (including phenoxy) is 1. The number of carbonyl (C=O) groups is 1. The Balaban J connectivity index is 2.05. The minimum atomic E-state index is -0.758. The normalized spacial score (nSPS) is 9.95. The number of halogens is 1. The van der Waals surface area contributed by atoms with E-state index in [2.05, 4.69) is 10.3 Å². The number of pyridine rings is 1. The number of anilines is 1. The molecule has 0 spiro atoms. The van der Waals surface area contributed by atoms with Crippen LogP contribution in [-0.4, -0.2) is 16.0 Å². The molecule has 0 aliphatic rings. The van der Waals surface area contributed by atoms with Crippen molar-refractivity contribution in [2.75, 3.05) is 5.32 Å². The molecule has 0 unspecified atom stereocenters. The monoisotopic (exact) mass is 399 g/mol. The van der Waals surface area contributed by atoms with Crippen molar-refractivity contribution in [1.29, 1.82) is 0 Å². The molecule has 0 fully saturated rings. The third-order valence-electron chi connectivity index (χ3n) is 2.52. The summed E-state index contributed by atoms with van der Waals surface area (Å²) in [6, 6.07) is 9.13. The molecule has 0 saturated carbocycles. The molecule has 1 aromatic heterocycles. The van der Waals surface area contributed by atoms with Crippen molar-refractivity contribution in [2.24, 2.45) is 0 Å². The molecular weight excluding hydrogens is 389 g/mol. The first-order chi connectivity index (χ1) is 10.1. The molecule has 1 amide bonds. The summed E-state index contributed by atoms with van der Waals surface area (Å²) in [5.74, 6) is 0. The van der Waals surface area contributed by atoms with Crippen LogP contribution >= 0.6 is 22.6 Å². The summed E-state index contributed by atoms with van der Waals surface area (Å²) >= 11 is 1.86. The van der Waals surface area contributed by atoms with E-state index in [1.165, 1.54) is 6.20 Å². The van der Waals surface area contributed by atoms with Crippen LogP contribution in [0.25, 0.3) is 0 Å². The summed E-state index contributed by atoms with van der Waals surface area (Å²) in [5.41, 5.74) is 0.624. The van der Waals surface area contributed by atoms with Crippen LogP contribution in [0, 0.1) is 13.7 Å². The van der Waals surface area contributed by atoms with Crippen molar-refractivity contribution in [3.8, 4) is 0 Å². The zero-order valence-electron chi connectivity index (χ0n) is 10.7. The molecule has 0 aliphatic carbocycles. The lowest BCUT2D eigenvalue weighted by atomic mass is 10.2. The van der Waals surface area contributed by atoms with Gasteiger partial charge in [0.15, 0.2) is 0 Å². The highest BCUT2D eigenvalue weighted by Gasteiger charge is 2.19. The quantitative estimate of drug-likeness (QED) is 0.484. The Morgan fingerprint density at radius 1 is 1.33 bits per heavy atom. The van der Waals surface area contributed by atoms with Crippen molar-refractivity contribution < 1.29 is 14.5 Å². The molecule has 0 atom stereocenters. The summed E-state index contributed by atoms with van der Waals surface area (Å²) in [6.45, 7) is 0.0854. The van der Waals surface area contributed by atoms with Gasteiger partial charge in [0.05, 0.1) is 8.49 Å². The second-order valence-electron chi connectivity index (χ2n) is 3.96. The smallest absolute Gasteiger partial charge is 0.412 e. The highest BCUT2D eigenvalue weighted by Crippen LogP contribution is 2.28. The van der Waals surface area contributed by atoms with E-state index in [4.69, 9.17) is 4.74 Å². The predicted octanol–water partition coefficient (Wildman–Crippen LogP) is 3.34. The molecule has 21 heavy (non-hydrogen) atoms. The second kappa shape index (κ2) is 6.97. The number of hydrogen-bond acceptors (Lipinski definition) is 5. The molecule has 2 rings (SSSR count). The number of rotatable bonds is 4. The Morgan fingerprint density at radius 2 is 2.05 bits per heavy atom. The van der Waals surface area contributed by atoms with E-state index in [1.54, 1.807) is 0 Å². The van der Waals surface area contributed by atoms with Gasteiger partial charge in [-0.05, 0) is 28.2 Å². The third-order valence-corrected chi connectivity index (χ3v) is 3.33. The molecule has 0 radical (unpaired) electrons. The van der Waals surface area contributed by atoms with E-state index >= 15 is 0 Å². The molecule has 1 aromatic carbocycles. The summed E-state index contributed by atoms with van der Waals surface area (Å²) in [6.07, 6.45) is 1.74. The first-order valence-electron chi connectivity index (χ1n) is 5.83. The molecule has 0 saturated heterocycles. The second-order valence-corrected chi connectivity index (χ2v) is 5.12. The minimum absolute atomic E-state index is 0.0775. The fourth-order valence-electron chi connectivity index (χ4n) is 1.55. The highest BCUT2D eigenvalue weighted by molar-refractivity contribution is 14.1. The Morgan fingerprint density at radius 3 is 2.71 bits per heavy atom. The average molecular weight is 399 g/mol. The van der Waals surface area contributed by atoms with Crippen LogP contribution in [0.1, 0.15) is 5.56 Å². The lowest BCUT2D eigenvalue weighted by molar-refractivity contribution is -0.384. The molecule has 0 bridgehead atoms. The van der Waals surface area contributed by atoms with E-state index in [9.17, 15) is 14.9 Å². The molecule has 1 N–H and O–H groups in total. The molecule has 7 nitrogen and oxygen atoms in total. The van der Waals surface area contributed by atoms with Gasteiger partial charge in [-0.2, -0.15) is 0 Å². The maximum absolute atomic E-state index is 11.7. The number of aromatic nitrogens is 1. The first-order valence-corrected chi connectivity index (χ1v) is 6.91. The number of hydrogen-bond donors (Lipinski definition) is 1. The first kappa shape index (κ1) is 15.2. The number of benzene rings is 1. The largest absolute Gasteiger partial charge is 0.444 e. The Hall–Kier alpha value is -2.23. The summed E-state index contributed by atoms with van der Waals surface area (Å²) in [5, 5.41) is 13.3. The van der Waals surface area contributed by atoms with Crippen molar-refractivity contribution >= 4 is 40.1 Å². The van der Waals surface area contributed by atoms with Crippen LogP contribution in [0.3, 0.4) is 0 Å². The summed E-state index contributed by atoms with van der Waals surface area (Å²) < 4.78 is 5.48. The number of nitrogens with zero attached hydrogens (tertiary/aromatic N) is 2. The van der Waals surface area contributed by atoms with E-state index < -0.39 is 11.0 Å². The Bertz CT molecular complexity index is 664. The fourth-order valence-corrected chi connectivity index (χ4v) is 2.12. The lowest BCUT2D eigenvalue weighted by Gasteiger charge is -2.08. The number of amides is 1. The van der Waals surface area contributed by atoms with Crippen LogP contribution in [0.5, 0.6) is 0 Å². The van der Waals surface area contributed by atoms with Crippen LogP contribution in [0.4, 0.5) is 16.2 Å². The number of carbonyl (C=O) groups excluding carboxylic acids is 1. The molecule has 2 aromatic rings. The zero-order valence-corrected chi connectivity index (χ0v) is 12.8. The minimum Gasteiger partial charge on any atom is -0.444 e. The van der Waals surface area contributed by atoms with E-state index in [-0.39, 0.29) is 18.0 Å². The van der Waals surface area contributed by atoms with Crippen LogP contribution in [0.15, 0.2) is 42.7 Å². The number of nitro groups is 1. The van der Waals surface area contributed by atoms with Gasteiger partial charge in [-0.25, -0.2) is 4.79 Å². The standard InChI is InChI=1S/C13H10IN3O4/c14-10-6-15-7-11(17(19)20)12(10)16-13(18)21-8-9-4-2-1-3-5-9/h1-7H,8H2,(H,15,16,18). The van der Waals surface area contributed by atoms with E-state index in [1.807, 2.05) is 52.9 Å². The molecule has 1 heterocycles. The predicted molar refractivity (Wildman–Crippen MR) is 83.9 cm³/mol. The van der Waals surface area contributed by atoms with Gasteiger partial charge >= 0.3 is 11.8 Å². The third kappa shape index (κ3) is 4.12. The average Bonchev–Trinajstić information content (AvgIpc) is 2.48. The molecule has 8 heteroatoms. The van der Waals surface area contributed by atoms with E-state index in [0.717, 1.165) is 11.8 Å². The van der Waals surface area contributed by atoms with Gasteiger partial charge < -0.3 is 4.74 Å². The van der Waals surface area contributed by atoms with Gasteiger partial charge in [-0.3, -0.25) is 20.4 Å². The maximum atomic E-state index is 11.7. The molecule has 0 aliphatic heterocycles. The summed E-state index contributed by atoms with van der Waals surface area (Å²) in [4.78, 5) is 25.8. The van der Waals surface area contributed by atoms with Gasteiger partial charge in [-0.1, -0.05) is 30.3 Å². The van der Waals surface area contributed by atoms with Gasteiger partial charge in [0.1, 0.15) is 18.5 Å². The SMILES string of the molecule is O=C(Nc1c(I)cncc1[N+](=O)[O-])OCc1ccccc1. The van der Waals surface area contributed by atoms with Gasteiger partial charge in [0.25, 0.3) is 0 Å². The topological polar surface area (TPSA) is 94.4 Å². The van der Waals surface area contributed by atoms with Crippen molar-refractivity contribution in [2.45, 2.75) is 6.61 Å². The van der Waals surface area contributed by atoms with Crippen LogP contribution in [0.2, 0.25) is 0 Å². The fraction of sp³-hybridized carbons (Fsp3) is 0.0769. The Labute approximate surface area is 133 Å². The lowest BCUT2D eigenvalue weighted by Crippen LogP contribution is -2.15. The van der Waals surface area contributed by atoms with Crippen molar-refractivity contribution in [1.82, 2.24) is 4.98 Å². The van der Waals surface area contributed by atoms with Gasteiger partial charge in [-0.15, -0.1) is 0 Å². The molecular formula is C13H10IN3O4. The maximum Gasteiger partial charge on any atom is 0.412 e. The Kier molecular flexibility index (Phi) is 5.04. The molecule has 108 valence electrons. The van der Waals surface area contributed by atoms with Gasteiger partial charge in [0, 0.05) is 6.20 Å². The van der Waals surface area contributed by atoms with Crippen LogP contribution < -0.4 is 5.32 Å².